The van der Waals surface area contributed by atoms with Gasteiger partial charge in [0.15, 0.2) is 0 Å². The van der Waals surface area contributed by atoms with Crippen molar-refractivity contribution in [1.82, 2.24) is 14.9 Å². The van der Waals surface area contributed by atoms with Gasteiger partial charge >= 0.3 is 5.97 Å². The normalized spacial score (nSPS) is 17.1. The van der Waals surface area contributed by atoms with Crippen molar-refractivity contribution < 1.29 is 27.9 Å². The van der Waals surface area contributed by atoms with Gasteiger partial charge in [-0.1, -0.05) is 78.9 Å². The first kappa shape index (κ1) is 31.1. The van der Waals surface area contributed by atoms with Crippen LogP contribution >= 0.6 is 0 Å². The second-order valence-electron chi connectivity index (χ2n) is 10.6. The Morgan fingerprint density at radius 1 is 0.889 bits per heavy atom. The highest BCUT2D eigenvalue weighted by Crippen LogP contribution is 2.28. The summed E-state index contributed by atoms with van der Waals surface area (Å²) in [6.07, 6.45) is -0.108. The van der Waals surface area contributed by atoms with Crippen molar-refractivity contribution in [3.8, 4) is 17.2 Å². The van der Waals surface area contributed by atoms with Crippen LogP contribution in [0.2, 0.25) is 0 Å². The number of amides is 2. The lowest BCUT2D eigenvalue weighted by Gasteiger charge is -2.25. The molecule has 0 spiro atoms. The summed E-state index contributed by atoms with van der Waals surface area (Å²) in [5, 5.41) is 24.7. The van der Waals surface area contributed by atoms with Gasteiger partial charge in [-0.15, -0.1) is 0 Å². The molecule has 1 saturated heterocycles. The van der Waals surface area contributed by atoms with E-state index in [2.05, 4.69) is 16.7 Å². The number of carboxylic acid groups (broad SMARTS) is 1. The summed E-state index contributed by atoms with van der Waals surface area (Å²) < 4.78 is 28.3. The Hall–Kier alpha value is -5.31. The van der Waals surface area contributed by atoms with Crippen LogP contribution in [0.5, 0.6) is 0 Å². The summed E-state index contributed by atoms with van der Waals surface area (Å²) in [6, 6.07) is 29.0. The molecule has 10 nitrogen and oxygen atoms in total. The molecule has 4 aromatic carbocycles. The smallest absolute Gasteiger partial charge is 0.326 e. The number of rotatable bonds is 10. The van der Waals surface area contributed by atoms with Crippen molar-refractivity contribution in [3.05, 3.63) is 126 Å². The molecule has 0 aromatic heterocycles. The Balaban J connectivity index is 1.35. The van der Waals surface area contributed by atoms with Crippen LogP contribution in [0.15, 0.2) is 114 Å². The molecule has 1 aliphatic heterocycles. The number of nitriles is 1. The summed E-state index contributed by atoms with van der Waals surface area (Å²) >= 11 is 0. The van der Waals surface area contributed by atoms with E-state index < -0.39 is 45.9 Å². The molecule has 0 radical (unpaired) electrons. The number of nitrogens with one attached hydrogen (secondary N) is 2. The Bertz CT molecular complexity index is 1840. The third-order valence-corrected chi connectivity index (χ3v) is 9.54. The number of carboxylic acids is 1. The van der Waals surface area contributed by atoms with Gasteiger partial charge in [0, 0.05) is 24.6 Å². The molecule has 1 fully saturated rings. The van der Waals surface area contributed by atoms with Gasteiger partial charge in [-0.3, -0.25) is 9.59 Å². The molecule has 3 N–H and O–H groups in total. The topological polar surface area (TPSA) is 157 Å². The van der Waals surface area contributed by atoms with Crippen LogP contribution < -0.4 is 10.6 Å². The lowest BCUT2D eigenvalue weighted by atomic mass is 9.97. The highest BCUT2D eigenvalue weighted by atomic mass is 32.2. The number of hydrogen-bond acceptors (Lipinski definition) is 6. The minimum atomic E-state index is -4.17. The Morgan fingerprint density at radius 3 is 2.16 bits per heavy atom. The first-order valence-electron chi connectivity index (χ1n) is 14.2. The van der Waals surface area contributed by atoms with E-state index in [1.165, 1.54) is 12.1 Å². The first-order chi connectivity index (χ1) is 21.7. The maximum atomic E-state index is 13.7. The average molecular weight is 623 g/mol. The summed E-state index contributed by atoms with van der Waals surface area (Å²) in [6.45, 7) is -0.169. The van der Waals surface area contributed by atoms with Crippen LogP contribution in [0.25, 0.3) is 11.1 Å². The van der Waals surface area contributed by atoms with Gasteiger partial charge in [0.2, 0.25) is 15.9 Å². The van der Waals surface area contributed by atoms with E-state index in [0.717, 1.165) is 15.4 Å². The summed E-state index contributed by atoms with van der Waals surface area (Å²) in [4.78, 5) is 38.7. The fraction of sp³-hybridized carbons (Fsp3) is 0.176. The van der Waals surface area contributed by atoms with Crippen molar-refractivity contribution in [2.45, 2.75) is 35.9 Å². The van der Waals surface area contributed by atoms with E-state index in [0.29, 0.717) is 16.7 Å². The number of hydrogen-bond donors (Lipinski definition) is 3. The molecular weight excluding hydrogens is 592 g/mol. The van der Waals surface area contributed by atoms with Crippen LogP contribution in [0.4, 0.5) is 0 Å². The quantitative estimate of drug-likeness (QED) is 0.244. The molecule has 1 aliphatic rings. The van der Waals surface area contributed by atoms with Crippen molar-refractivity contribution in [3.63, 3.8) is 0 Å². The Kier molecular flexibility index (Phi) is 9.37. The Labute approximate surface area is 261 Å². The fourth-order valence-electron chi connectivity index (χ4n) is 5.36. The maximum absolute atomic E-state index is 13.7. The summed E-state index contributed by atoms with van der Waals surface area (Å²) in [5.74, 6) is -2.48. The van der Waals surface area contributed by atoms with Gasteiger partial charge in [0.05, 0.1) is 16.5 Å². The molecule has 3 atom stereocenters. The molecule has 0 bridgehead atoms. The number of nitrogens with zero attached hydrogens (tertiary/aromatic N) is 2. The second-order valence-corrected chi connectivity index (χ2v) is 12.5. The average Bonchev–Trinajstić information content (AvgIpc) is 3.50. The molecule has 0 saturated carbocycles. The summed E-state index contributed by atoms with van der Waals surface area (Å²) in [5.41, 5.74) is 3.03. The SMILES string of the molecule is N#Cc1ccccc1-c1ccc(C[C@H](NC(=O)[C@@H]2C[C@H](NC(=O)c3ccccc3)CN2S(=O)(=O)c2ccccc2)C(=O)O)cc1. The second kappa shape index (κ2) is 13.5. The monoisotopic (exact) mass is 622 g/mol. The van der Waals surface area contributed by atoms with Crippen molar-refractivity contribution in [2.24, 2.45) is 0 Å². The van der Waals surface area contributed by atoms with E-state index in [-0.39, 0.29) is 24.3 Å². The third-order valence-electron chi connectivity index (χ3n) is 7.65. The largest absolute Gasteiger partial charge is 0.480 e. The van der Waals surface area contributed by atoms with Crippen LogP contribution in [0.1, 0.15) is 27.9 Å². The predicted octanol–water partition coefficient (Wildman–Crippen LogP) is 3.60. The molecule has 0 unspecified atom stereocenters. The molecule has 228 valence electrons. The van der Waals surface area contributed by atoms with E-state index in [9.17, 15) is 33.2 Å². The van der Waals surface area contributed by atoms with Crippen LogP contribution in [0.3, 0.4) is 0 Å². The van der Waals surface area contributed by atoms with E-state index in [1.807, 2.05) is 12.1 Å². The zero-order valence-electron chi connectivity index (χ0n) is 24.0. The number of aliphatic carboxylic acids is 1. The molecule has 5 rings (SSSR count). The molecule has 0 aliphatic carbocycles. The maximum Gasteiger partial charge on any atom is 0.326 e. The van der Waals surface area contributed by atoms with Crippen LogP contribution in [-0.4, -0.2) is 60.3 Å². The van der Waals surface area contributed by atoms with Gasteiger partial charge in [-0.2, -0.15) is 9.57 Å². The lowest BCUT2D eigenvalue weighted by molar-refractivity contribution is -0.142. The van der Waals surface area contributed by atoms with E-state index >= 15 is 0 Å². The molecule has 2 amide bonds. The zero-order valence-corrected chi connectivity index (χ0v) is 24.9. The first-order valence-corrected chi connectivity index (χ1v) is 15.7. The molecule has 4 aromatic rings. The zero-order chi connectivity index (χ0) is 32.0. The molecule has 1 heterocycles. The van der Waals surface area contributed by atoms with E-state index in [1.54, 1.807) is 84.9 Å². The third kappa shape index (κ3) is 7.09. The molecular formula is C34H30N4O6S. The number of carbonyl (C=O) groups is 3. The molecule has 11 heteroatoms. The highest BCUT2D eigenvalue weighted by molar-refractivity contribution is 7.89. The standard InChI is InChI=1S/C34H30N4O6S/c35-21-26-11-7-8-14-29(26)24-17-15-23(16-18-24)19-30(34(41)42)37-33(40)31-20-27(36-32(39)25-9-3-1-4-10-25)22-38(31)45(43,44)28-12-5-2-6-13-28/h1-18,27,30-31H,19-20,22H2,(H,36,39)(H,37,40)(H,41,42)/t27-,30-,31-/m0/s1. The van der Waals surface area contributed by atoms with Gasteiger partial charge in [0.25, 0.3) is 5.91 Å². The van der Waals surface area contributed by atoms with Gasteiger partial charge < -0.3 is 15.7 Å². The van der Waals surface area contributed by atoms with Crippen molar-refractivity contribution in [1.29, 1.82) is 5.26 Å². The van der Waals surface area contributed by atoms with Gasteiger partial charge in [0.1, 0.15) is 12.1 Å². The van der Waals surface area contributed by atoms with Crippen LogP contribution in [0, 0.1) is 11.3 Å². The van der Waals surface area contributed by atoms with Gasteiger partial charge in [-0.25, -0.2) is 13.2 Å². The fourth-order valence-corrected chi connectivity index (χ4v) is 7.02. The lowest BCUT2D eigenvalue weighted by Crippen LogP contribution is -2.51. The number of sulfonamides is 1. The minimum Gasteiger partial charge on any atom is -0.480 e. The van der Waals surface area contributed by atoms with E-state index in [4.69, 9.17) is 0 Å². The minimum absolute atomic E-state index is 0.0225. The van der Waals surface area contributed by atoms with Crippen molar-refractivity contribution >= 4 is 27.8 Å². The number of carbonyl (C=O) groups excluding carboxylic acids is 2. The van der Waals surface area contributed by atoms with Crippen LogP contribution in [-0.2, 0) is 26.0 Å². The van der Waals surface area contributed by atoms with Gasteiger partial charge in [-0.05, 0) is 53.4 Å². The molecule has 45 heavy (non-hydrogen) atoms. The summed E-state index contributed by atoms with van der Waals surface area (Å²) in [7, 11) is -4.17. The predicted molar refractivity (Wildman–Crippen MR) is 166 cm³/mol. The highest BCUT2D eigenvalue weighted by Gasteiger charge is 2.45. The number of benzene rings is 4. The Morgan fingerprint density at radius 2 is 1.51 bits per heavy atom. The van der Waals surface area contributed by atoms with Crippen molar-refractivity contribution in [2.75, 3.05) is 6.54 Å².